The van der Waals surface area contributed by atoms with Crippen molar-refractivity contribution in [2.24, 2.45) is 0 Å². The van der Waals surface area contributed by atoms with Crippen molar-refractivity contribution in [3.8, 4) is 17.2 Å². The highest BCUT2D eigenvalue weighted by atomic mass is 16.5. The molecule has 0 unspecified atom stereocenters. The molecule has 3 rings (SSSR count). The average molecular weight is 445 g/mol. The molecule has 3 N–H and O–H groups in total. The largest absolute Gasteiger partial charge is 0.493 e. The van der Waals surface area contributed by atoms with E-state index in [9.17, 15) is 4.79 Å². The second-order valence-electron chi connectivity index (χ2n) is 7.84. The zero-order valence-corrected chi connectivity index (χ0v) is 19.3. The number of aromatic nitrogens is 2. The van der Waals surface area contributed by atoms with Crippen molar-refractivity contribution < 1.29 is 19.0 Å². The molecule has 1 aromatic carbocycles. The minimum atomic E-state index is -0.266. The van der Waals surface area contributed by atoms with Gasteiger partial charge in [0.1, 0.15) is 5.82 Å². The van der Waals surface area contributed by atoms with Gasteiger partial charge in [-0.2, -0.15) is 4.98 Å². The van der Waals surface area contributed by atoms with Gasteiger partial charge < -0.3 is 35.1 Å². The highest BCUT2D eigenvalue weighted by Gasteiger charge is 2.23. The third kappa shape index (κ3) is 5.83. The number of nitrogens with one attached hydrogen (secondary N) is 3. The van der Waals surface area contributed by atoms with E-state index >= 15 is 0 Å². The molecule has 1 aliphatic carbocycles. The van der Waals surface area contributed by atoms with E-state index < -0.39 is 0 Å². The SMILES string of the molecule is COc1cc(NC(=O)NC2CCC(Nc3nccc(N(C)C)n3)CC2)cc(OC)c1OC. The Balaban J connectivity index is 1.51. The molecule has 0 saturated heterocycles. The van der Waals surface area contributed by atoms with Crippen LogP contribution in [0, 0.1) is 0 Å². The van der Waals surface area contributed by atoms with Crippen LogP contribution in [-0.2, 0) is 0 Å². The fourth-order valence-electron chi connectivity index (χ4n) is 3.74. The fraction of sp³-hybridized carbons (Fsp3) is 0.500. The number of rotatable bonds is 8. The van der Waals surface area contributed by atoms with E-state index in [1.54, 1.807) is 18.3 Å². The zero-order chi connectivity index (χ0) is 23.1. The Hall–Kier alpha value is -3.43. The predicted octanol–water partition coefficient (Wildman–Crippen LogP) is 3.11. The van der Waals surface area contributed by atoms with Crippen LogP contribution in [0.15, 0.2) is 24.4 Å². The summed E-state index contributed by atoms with van der Waals surface area (Å²) in [6, 6.07) is 5.39. The summed E-state index contributed by atoms with van der Waals surface area (Å²) in [6.45, 7) is 0. The van der Waals surface area contributed by atoms with E-state index in [-0.39, 0.29) is 18.1 Å². The molecule has 1 aromatic heterocycles. The number of urea groups is 1. The summed E-state index contributed by atoms with van der Waals surface area (Å²) in [6.07, 6.45) is 5.34. The van der Waals surface area contributed by atoms with Gasteiger partial charge in [-0.3, -0.25) is 0 Å². The molecule has 10 heteroatoms. The Morgan fingerprint density at radius 3 is 2.19 bits per heavy atom. The van der Waals surface area contributed by atoms with Crippen molar-refractivity contribution in [1.29, 1.82) is 0 Å². The molecule has 2 aromatic rings. The Bertz CT molecular complexity index is 890. The zero-order valence-electron chi connectivity index (χ0n) is 19.3. The second kappa shape index (κ2) is 10.7. The van der Waals surface area contributed by atoms with Gasteiger partial charge in [0, 0.05) is 44.5 Å². The molecule has 2 amide bonds. The quantitative estimate of drug-likeness (QED) is 0.570. The molecular formula is C22H32N6O4. The van der Waals surface area contributed by atoms with Gasteiger partial charge in [0.15, 0.2) is 11.5 Å². The van der Waals surface area contributed by atoms with E-state index in [1.165, 1.54) is 21.3 Å². The van der Waals surface area contributed by atoms with Gasteiger partial charge in [0.05, 0.1) is 27.0 Å². The molecule has 0 atom stereocenters. The van der Waals surface area contributed by atoms with Gasteiger partial charge >= 0.3 is 6.03 Å². The van der Waals surface area contributed by atoms with E-state index in [2.05, 4.69) is 25.9 Å². The van der Waals surface area contributed by atoms with Gasteiger partial charge in [-0.25, -0.2) is 9.78 Å². The fourth-order valence-corrected chi connectivity index (χ4v) is 3.74. The lowest BCUT2D eigenvalue weighted by Gasteiger charge is -2.29. The first kappa shape index (κ1) is 23.2. The number of hydrogen-bond donors (Lipinski definition) is 3. The maximum absolute atomic E-state index is 12.5. The third-order valence-electron chi connectivity index (χ3n) is 5.42. The summed E-state index contributed by atoms with van der Waals surface area (Å²) in [5, 5.41) is 9.31. The smallest absolute Gasteiger partial charge is 0.319 e. The Kier molecular flexibility index (Phi) is 7.80. The van der Waals surface area contributed by atoms with Gasteiger partial charge in [0.25, 0.3) is 0 Å². The van der Waals surface area contributed by atoms with Crippen molar-refractivity contribution in [2.45, 2.75) is 37.8 Å². The second-order valence-corrected chi connectivity index (χ2v) is 7.84. The van der Waals surface area contributed by atoms with E-state index in [1.807, 2.05) is 25.1 Å². The highest BCUT2D eigenvalue weighted by molar-refractivity contribution is 5.90. The molecule has 1 aliphatic rings. The number of amides is 2. The first-order chi connectivity index (χ1) is 15.4. The molecule has 174 valence electrons. The Morgan fingerprint density at radius 1 is 1.00 bits per heavy atom. The minimum absolute atomic E-state index is 0.101. The molecule has 0 aliphatic heterocycles. The Labute approximate surface area is 188 Å². The molecule has 1 heterocycles. The first-order valence-electron chi connectivity index (χ1n) is 10.6. The number of methoxy groups -OCH3 is 3. The lowest BCUT2D eigenvalue weighted by molar-refractivity contribution is 0.243. The number of hydrogen-bond acceptors (Lipinski definition) is 8. The van der Waals surface area contributed by atoms with Crippen LogP contribution in [0.2, 0.25) is 0 Å². The van der Waals surface area contributed by atoms with Gasteiger partial charge in [-0.1, -0.05) is 0 Å². The van der Waals surface area contributed by atoms with Crippen LogP contribution in [-0.4, -0.2) is 63.5 Å². The maximum atomic E-state index is 12.5. The number of nitrogens with zero attached hydrogens (tertiary/aromatic N) is 3. The number of carbonyl (C=O) groups is 1. The number of anilines is 3. The van der Waals surface area contributed by atoms with Crippen LogP contribution in [0.25, 0.3) is 0 Å². The lowest BCUT2D eigenvalue weighted by Crippen LogP contribution is -2.42. The normalized spacial score (nSPS) is 17.8. The van der Waals surface area contributed by atoms with E-state index in [4.69, 9.17) is 14.2 Å². The molecule has 0 spiro atoms. The molecule has 1 saturated carbocycles. The van der Waals surface area contributed by atoms with Crippen LogP contribution >= 0.6 is 0 Å². The molecule has 0 bridgehead atoms. The van der Waals surface area contributed by atoms with Crippen LogP contribution < -0.4 is 35.1 Å². The summed E-state index contributed by atoms with van der Waals surface area (Å²) in [4.78, 5) is 23.3. The van der Waals surface area contributed by atoms with Crippen molar-refractivity contribution in [2.75, 3.05) is 51.0 Å². The first-order valence-corrected chi connectivity index (χ1v) is 10.6. The summed E-state index contributed by atoms with van der Waals surface area (Å²) in [7, 11) is 8.51. The van der Waals surface area contributed by atoms with Crippen LogP contribution in [0.1, 0.15) is 25.7 Å². The van der Waals surface area contributed by atoms with Crippen molar-refractivity contribution in [3.05, 3.63) is 24.4 Å². The predicted molar refractivity (Wildman–Crippen MR) is 124 cm³/mol. The van der Waals surface area contributed by atoms with Crippen LogP contribution in [0.5, 0.6) is 17.2 Å². The molecular weight excluding hydrogens is 412 g/mol. The minimum Gasteiger partial charge on any atom is -0.493 e. The monoisotopic (exact) mass is 444 g/mol. The van der Waals surface area contributed by atoms with Crippen molar-refractivity contribution in [1.82, 2.24) is 15.3 Å². The van der Waals surface area contributed by atoms with Crippen molar-refractivity contribution in [3.63, 3.8) is 0 Å². The van der Waals surface area contributed by atoms with Crippen LogP contribution in [0.4, 0.5) is 22.2 Å². The van der Waals surface area contributed by atoms with Crippen molar-refractivity contribution >= 4 is 23.5 Å². The molecule has 1 fully saturated rings. The van der Waals surface area contributed by atoms with E-state index in [0.717, 1.165) is 31.5 Å². The Morgan fingerprint density at radius 2 is 1.62 bits per heavy atom. The van der Waals surface area contributed by atoms with Gasteiger partial charge in [-0.05, 0) is 31.7 Å². The van der Waals surface area contributed by atoms with Gasteiger partial charge in [-0.15, -0.1) is 0 Å². The summed E-state index contributed by atoms with van der Waals surface area (Å²) < 4.78 is 16.0. The van der Waals surface area contributed by atoms with Gasteiger partial charge in [0.2, 0.25) is 11.7 Å². The van der Waals surface area contributed by atoms with Crippen LogP contribution in [0.3, 0.4) is 0 Å². The standard InChI is InChI=1S/C22H32N6O4/c1-28(2)19-10-11-23-21(27-19)24-14-6-8-15(9-7-14)25-22(29)26-16-12-17(30-3)20(32-5)18(13-16)31-4/h10-15H,6-9H2,1-5H3,(H,23,24,27)(H2,25,26,29). The topological polar surface area (TPSA) is 110 Å². The highest BCUT2D eigenvalue weighted by Crippen LogP contribution is 2.39. The number of benzene rings is 1. The summed E-state index contributed by atoms with van der Waals surface area (Å²) in [5.41, 5.74) is 0.560. The number of carbonyl (C=O) groups excluding carboxylic acids is 1. The molecule has 0 radical (unpaired) electrons. The lowest BCUT2D eigenvalue weighted by atomic mass is 9.91. The molecule has 10 nitrogen and oxygen atoms in total. The average Bonchev–Trinajstić information content (AvgIpc) is 2.79. The molecule has 32 heavy (non-hydrogen) atoms. The third-order valence-corrected chi connectivity index (χ3v) is 5.42. The number of ether oxygens (including phenoxy) is 3. The maximum Gasteiger partial charge on any atom is 0.319 e. The summed E-state index contributed by atoms with van der Waals surface area (Å²) in [5.74, 6) is 2.93. The van der Waals surface area contributed by atoms with E-state index in [0.29, 0.717) is 28.9 Å². The summed E-state index contributed by atoms with van der Waals surface area (Å²) >= 11 is 0.